The Bertz CT molecular complexity index is 503. The van der Waals surface area contributed by atoms with Crippen molar-refractivity contribution in [2.45, 2.75) is 31.7 Å². The first-order valence-corrected chi connectivity index (χ1v) is 7.40. The van der Waals surface area contributed by atoms with Gasteiger partial charge in [0.15, 0.2) is 0 Å². The fourth-order valence-corrected chi connectivity index (χ4v) is 3.31. The van der Waals surface area contributed by atoms with Crippen LogP contribution in [-0.2, 0) is 16.6 Å². The second kappa shape index (κ2) is 6.26. The van der Waals surface area contributed by atoms with Crippen LogP contribution in [0.5, 0.6) is 0 Å². The van der Waals surface area contributed by atoms with Crippen molar-refractivity contribution in [1.29, 1.82) is 0 Å². The summed E-state index contributed by atoms with van der Waals surface area (Å²) in [6.07, 6.45) is 0.734. The number of rotatable bonds is 6. The van der Waals surface area contributed by atoms with Crippen molar-refractivity contribution in [1.82, 2.24) is 4.31 Å². The molecule has 0 aliphatic rings. The molecule has 0 saturated carbocycles. The number of sulfonamides is 1. The van der Waals surface area contributed by atoms with Crippen LogP contribution < -0.4 is 5.73 Å². The highest BCUT2D eigenvalue weighted by atomic mass is 32.2. The molecule has 0 heterocycles. The molecule has 1 aromatic carbocycles. The van der Waals surface area contributed by atoms with Crippen LogP contribution in [0.1, 0.15) is 25.8 Å². The van der Waals surface area contributed by atoms with E-state index in [-0.39, 0.29) is 17.0 Å². The van der Waals surface area contributed by atoms with Crippen LogP contribution in [0.2, 0.25) is 0 Å². The predicted molar refractivity (Wildman–Crippen MR) is 69.0 cm³/mol. The molecule has 0 atom stereocenters. The molecule has 0 fully saturated rings. The van der Waals surface area contributed by atoms with E-state index in [1.54, 1.807) is 6.92 Å². The molecule has 0 bridgehead atoms. The van der Waals surface area contributed by atoms with Crippen LogP contribution in [0.15, 0.2) is 23.1 Å². The largest absolute Gasteiger partial charge is 0.326 e. The van der Waals surface area contributed by atoms with Gasteiger partial charge in [-0.15, -0.1) is 0 Å². The summed E-state index contributed by atoms with van der Waals surface area (Å²) in [7, 11) is -3.55. The molecule has 4 nitrogen and oxygen atoms in total. The maximum atomic E-state index is 13.3. The quantitative estimate of drug-likeness (QED) is 0.859. The molecule has 1 aromatic rings. The van der Waals surface area contributed by atoms with E-state index >= 15 is 0 Å². The van der Waals surface area contributed by atoms with Gasteiger partial charge in [0, 0.05) is 25.2 Å². The molecular weight excluding hydrogens is 255 g/mol. The first-order valence-electron chi connectivity index (χ1n) is 5.96. The van der Waals surface area contributed by atoms with E-state index in [1.807, 2.05) is 6.92 Å². The van der Waals surface area contributed by atoms with Gasteiger partial charge in [-0.05, 0) is 24.6 Å². The third-order valence-electron chi connectivity index (χ3n) is 2.70. The zero-order valence-corrected chi connectivity index (χ0v) is 11.5. The lowest BCUT2D eigenvalue weighted by Crippen LogP contribution is -2.31. The van der Waals surface area contributed by atoms with Crippen LogP contribution in [0.3, 0.4) is 0 Å². The second-order valence-electron chi connectivity index (χ2n) is 3.95. The SMILES string of the molecule is CCCN(CC)S(=O)(=O)c1ccc(F)c(CN)c1. The molecule has 0 unspecified atom stereocenters. The molecule has 18 heavy (non-hydrogen) atoms. The Kier molecular flexibility index (Phi) is 5.25. The van der Waals surface area contributed by atoms with Crippen molar-refractivity contribution in [2.24, 2.45) is 5.73 Å². The van der Waals surface area contributed by atoms with E-state index in [1.165, 1.54) is 16.4 Å². The summed E-state index contributed by atoms with van der Waals surface area (Å²) in [5.41, 5.74) is 5.59. The number of halogens is 1. The summed E-state index contributed by atoms with van der Waals surface area (Å²) in [4.78, 5) is 0.0969. The van der Waals surface area contributed by atoms with E-state index in [2.05, 4.69) is 0 Å². The van der Waals surface area contributed by atoms with Gasteiger partial charge in [0.1, 0.15) is 5.82 Å². The van der Waals surface area contributed by atoms with Crippen molar-refractivity contribution < 1.29 is 12.8 Å². The highest BCUT2D eigenvalue weighted by molar-refractivity contribution is 7.89. The van der Waals surface area contributed by atoms with Gasteiger partial charge in [-0.25, -0.2) is 12.8 Å². The van der Waals surface area contributed by atoms with Crippen molar-refractivity contribution in [3.8, 4) is 0 Å². The fraction of sp³-hybridized carbons (Fsp3) is 0.500. The Morgan fingerprint density at radius 2 is 2.00 bits per heavy atom. The summed E-state index contributed by atoms with van der Waals surface area (Å²) >= 11 is 0. The Hall–Kier alpha value is -0.980. The predicted octanol–water partition coefficient (Wildman–Crippen LogP) is 1.71. The number of nitrogens with zero attached hydrogens (tertiary/aromatic N) is 1. The maximum Gasteiger partial charge on any atom is 0.243 e. The average molecular weight is 274 g/mol. The van der Waals surface area contributed by atoms with Crippen molar-refractivity contribution in [3.05, 3.63) is 29.6 Å². The van der Waals surface area contributed by atoms with Crippen LogP contribution in [0, 0.1) is 5.82 Å². The molecule has 2 N–H and O–H groups in total. The Balaban J connectivity index is 3.19. The Labute approximate surface area is 108 Å². The van der Waals surface area contributed by atoms with Crippen LogP contribution in [0.4, 0.5) is 4.39 Å². The number of hydrogen-bond acceptors (Lipinski definition) is 3. The lowest BCUT2D eigenvalue weighted by molar-refractivity contribution is 0.427. The normalized spacial score (nSPS) is 12.1. The molecule has 0 aliphatic heterocycles. The number of nitrogens with two attached hydrogens (primary N) is 1. The van der Waals surface area contributed by atoms with Gasteiger partial charge in [-0.3, -0.25) is 0 Å². The van der Waals surface area contributed by atoms with E-state index in [9.17, 15) is 12.8 Å². The smallest absolute Gasteiger partial charge is 0.243 e. The van der Waals surface area contributed by atoms with E-state index < -0.39 is 15.8 Å². The molecule has 0 aliphatic carbocycles. The summed E-state index contributed by atoms with van der Waals surface area (Å²) in [5, 5.41) is 0. The zero-order valence-electron chi connectivity index (χ0n) is 10.7. The summed E-state index contributed by atoms with van der Waals surface area (Å²) in [6, 6.07) is 3.74. The third-order valence-corrected chi connectivity index (χ3v) is 4.67. The molecule has 0 radical (unpaired) electrons. The zero-order chi connectivity index (χ0) is 13.8. The van der Waals surface area contributed by atoms with Gasteiger partial charge in [0.05, 0.1) is 4.90 Å². The lowest BCUT2D eigenvalue weighted by atomic mass is 10.2. The fourth-order valence-electron chi connectivity index (χ4n) is 1.71. The Morgan fingerprint density at radius 3 is 2.50 bits per heavy atom. The topological polar surface area (TPSA) is 63.4 Å². The Morgan fingerprint density at radius 1 is 1.33 bits per heavy atom. The first-order chi connectivity index (χ1) is 8.47. The molecule has 0 aromatic heterocycles. The van der Waals surface area contributed by atoms with Gasteiger partial charge in [-0.1, -0.05) is 13.8 Å². The number of hydrogen-bond donors (Lipinski definition) is 1. The van der Waals surface area contributed by atoms with Crippen molar-refractivity contribution >= 4 is 10.0 Å². The molecule has 0 amide bonds. The minimum absolute atomic E-state index is 0.0188. The summed E-state index contributed by atoms with van der Waals surface area (Å²) < 4.78 is 39.3. The first kappa shape index (κ1) is 15.1. The highest BCUT2D eigenvalue weighted by Crippen LogP contribution is 2.19. The minimum Gasteiger partial charge on any atom is -0.326 e. The van der Waals surface area contributed by atoms with Gasteiger partial charge in [-0.2, -0.15) is 4.31 Å². The monoisotopic (exact) mass is 274 g/mol. The van der Waals surface area contributed by atoms with Gasteiger partial charge < -0.3 is 5.73 Å². The second-order valence-corrected chi connectivity index (χ2v) is 5.89. The van der Waals surface area contributed by atoms with E-state index in [4.69, 9.17) is 5.73 Å². The molecule has 6 heteroatoms. The molecular formula is C12H19FN2O2S. The average Bonchev–Trinajstić information content (AvgIpc) is 2.35. The van der Waals surface area contributed by atoms with Gasteiger partial charge >= 0.3 is 0 Å². The van der Waals surface area contributed by atoms with Crippen LogP contribution >= 0.6 is 0 Å². The molecule has 0 saturated heterocycles. The van der Waals surface area contributed by atoms with E-state index in [0.29, 0.717) is 13.1 Å². The third kappa shape index (κ3) is 3.07. The lowest BCUT2D eigenvalue weighted by Gasteiger charge is -2.20. The van der Waals surface area contributed by atoms with Crippen LogP contribution in [-0.4, -0.2) is 25.8 Å². The van der Waals surface area contributed by atoms with Gasteiger partial charge in [0.25, 0.3) is 0 Å². The van der Waals surface area contributed by atoms with Crippen molar-refractivity contribution in [2.75, 3.05) is 13.1 Å². The van der Waals surface area contributed by atoms with Gasteiger partial charge in [0.2, 0.25) is 10.0 Å². The highest BCUT2D eigenvalue weighted by Gasteiger charge is 2.22. The maximum absolute atomic E-state index is 13.3. The number of benzene rings is 1. The molecule has 1 rings (SSSR count). The van der Waals surface area contributed by atoms with Crippen LogP contribution in [0.25, 0.3) is 0 Å². The minimum atomic E-state index is -3.55. The standard InChI is InChI=1S/C12H19FN2O2S/c1-3-7-15(4-2)18(16,17)11-5-6-12(13)10(8-11)9-14/h5-6,8H,3-4,7,9,14H2,1-2H3. The van der Waals surface area contributed by atoms with E-state index in [0.717, 1.165) is 12.5 Å². The van der Waals surface area contributed by atoms with Crippen molar-refractivity contribution in [3.63, 3.8) is 0 Å². The summed E-state index contributed by atoms with van der Waals surface area (Å²) in [5.74, 6) is -0.477. The molecule has 0 spiro atoms. The molecule has 102 valence electrons. The summed E-state index contributed by atoms with van der Waals surface area (Å²) in [6.45, 7) is 4.52.